The van der Waals surface area contributed by atoms with Crippen molar-refractivity contribution in [3.63, 3.8) is 0 Å². The zero-order valence-corrected chi connectivity index (χ0v) is 50.2. The molecule has 18 nitrogen and oxygen atoms in total. The van der Waals surface area contributed by atoms with E-state index in [1.54, 1.807) is 76.1 Å². The number of rotatable bonds is 16. The number of benzene rings is 6. The van der Waals surface area contributed by atoms with Gasteiger partial charge in [-0.05, 0) is 137 Å². The van der Waals surface area contributed by atoms with Gasteiger partial charge in [-0.2, -0.15) is 0 Å². The zero-order valence-electron chi connectivity index (χ0n) is 51.2. The van der Waals surface area contributed by atoms with Crippen molar-refractivity contribution in [2.45, 2.75) is 90.6 Å². The fourth-order valence-corrected chi connectivity index (χ4v) is 11.5. The molecule has 0 unspecified atom stereocenters. The van der Waals surface area contributed by atoms with E-state index in [1.165, 1.54) is 32.1 Å². The fourth-order valence-electron chi connectivity index (χ4n) is 11.5. The van der Waals surface area contributed by atoms with Crippen molar-refractivity contribution in [2.75, 3.05) is 77.6 Å². The van der Waals surface area contributed by atoms with Gasteiger partial charge in [0, 0.05) is 36.6 Å². The van der Waals surface area contributed by atoms with Gasteiger partial charge in [0.1, 0.15) is 0 Å². The predicted molar refractivity (Wildman–Crippen MR) is 323 cm³/mol. The number of esters is 1. The normalized spacial score (nSPS) is 14.8. The summed E-state index contributed by atoms with van der Waals surface area (Å²) in [5.74, 6) is 4.69. The first-order valence-corrected chi connectivity index (χ1v) is 27.1. The molecular formula is C64H81AlLiN3O15. The van der Waals surface area contributed by atoms with E-state index in [-0.39, 0.29) is 80.8 Å². The summed E-state index contributed by atoms with van der Waals surface area (Å²) in [6.07, 6.45) is 4.66. The number of ether oxygens (including phenoxy) is 10. The number of aliphatic hydroxyl groups is 2. The minimum absolute atomic E-state index is 0. The van der Waals surface area contributed by atoms with Gasteiger partial charge >= 0.3 is 24.8 Å². The zero-order chi connectivity index (χ0) is 59.4. The molecule has 0 bridgehead atoms. The van der Waals surface area contributed by atoms with Crippen LogP contribution in [0.4, 0.5) is 0 Å². The van der Waals surface area contributed by atoms with Gasteiger partial charge in [0.05, 0.1) is 102 Å². The minimum Gasteiger partial charge on any atom is -1.00 e. The van der Waals surface area contributed by atoms with E-state index >= 15 is 0 Å². The van der Waals surface area contributed by atoms with Gasteiger partial charge in [-0.15, -0.1) is 0 Å². The van der Waals surface area contributed by atoms with Crippen molar-refractivity contribution in [3.05, 3.63) is 123 Å². The van der Waals surface area contributed by atoms with Crippen LogP contribution in [0.15, 0.2) is 72.8 Å². The van der Waals surface area contributed by atoms with E-state index in [4.69, 9.17) is 47.4 Å². The van der Waals surface area contributed by atoms with Gasteiger partial charge in [0.2, 0.25) is 29.1 Å². The number of carbonyl (C=O) groups excluding carboxylic acids is 3. The number of hydrogen-bond donors (Lipinski definition) is 5. The van der Waals surface area contributed by atoms with E-state index < -0.39 is 5.97 Å². The molecule has 20 heteroatoms. The number of fused-ring (bicyclic) bond motifs is 9. The summed E-state index contributed by atoms with van der Waals surface area (Å²) in [5, 5.41) is 28.8. The summed E-state index contributed by atoms with van der Waals surface area (Å²) in [6.45, 7) is 5.96. The average molecular weight is 1170 g/mol. The molecule has 9 rings (SSSR count). The maximum absolute atomic E-state index is 12.1. The van der Waals surface area contributed by atoms with Crippen LogP contribution in [0.3, 0.4) is 0 Å². The first-order chi connectivity index (χ1) is 39.7. The van der Waals surface area contributed by atoms with Crippen molar-refractivity contribution < 1.29 is 92.3 Å². The van der Waals surface area contributed by atoms with E-state index in [2.05, 4.69) is 41.1 Å². The summed E-state index contributed by atoms with van der Waals surface area (Å²) < 4.78 is 55.3. The largest absolute Gasteiger partial charge is 1.00 e. The Morgan fingerprint density at radius 1 is 0.476 bits per heavy atom. The standard InChI is InChI=1S/C22H25NO6.C21H25NO5.C21H27NO4.Al.Li.4H/c1-12(24)23-17-9-7-13-11-18(26-2)20(27-3)21(28-4)19(13)15-8-6-14(10-16(15)17)22(25)29-5;1-12(24)22-17-8-6-14-10-18(25-2)20(26-3)21(27-4)19(14)15-7-5-13(11-23)9-16(15)17;1-5-22-17-9-7-14-11-18(24-2)20(25-3)21(26-4)19(14)15-8-6-13(12-23)10-16(15)17;;;;;;/h6,8,10-11,17H,7,9H2,1-5H3,(H,23,24);5,7,9-10,17,23H,6,8,11H2,1-4H3,(H,22,24);6,8,10-11,17,22-23H,5,7,9,12H2,1-4H3;;;;;;/q;;;;+1;;;;-1/t3*17-;;;;;;/m000....../s1. The van der Waals surface area contributed by atoms with Crippen LogP contribution >= 0.6 is 0 Å². The number of methoxy groups -OCH3 is 10. The number of amides is 2. The monoisotopic (exact) mass is 1170 g/mol. The van der Waals surface area contributed by atoms with Crippen LogP contribution in [0.2, 0.25) is 0 Å². The molecule has 84 heavy (non-hydrogen) atoms. The van der Waals surface area contributed by atoms with E-state index in [0.29, 0.717) is 70.2 Å². The molecule has 0 aromatic heterocycles. The Bertz CT molecular complexity index is 3310. The molecule has 446 valence electrons. The van der Waals surface area contributed by atoms with Crippen LogP contribution in [0.25, 0.3) is 33.4 Å². The van der Waals surface area contributed by atoms with E-state index in [1.807, 2.05) is 42.5 Å². The van der Waals surface area contributed by atoms with Gasteiger partial charge in [0.25, 0.3) is 0 Å². The van der Waals surface area contributed by atoms with Gasteiger partial charge in [-0.1, -0.05) is 49.4 Å². The Morgan fingerprint density at radius 2 is 0.810 bits per heavy atom. The SMILES string of the molecule is CCN[C@H]1CCc2cc(OC)c(OC)c(OC)c2-c2ccc(CO)cc21.COC(=O)c1ccc2c(c1)[C@@H](NC(C)=O)CCc1cc(OC)c(OC)c(OC)c1-2.COc1cc2c(c(OC)c1OC)-c1ccc(CO)cc1[C@@H](NC(C)=O)CC2.[AlH3].[H-].[Li+]. The number of carbonyl (C=O) groups is 3. The van der Waals surface area contributed by atoms with E-state index in [0.717, 1.165) is 99.0 Å². The van der Waals surface area contributed by atoms with Crippen molar-refractivity contribution >= 4 is 35.1 Å². The number of aliphatic hydroxyl groups excluding tert-OH is 2. The molecule has 6 aromatic rings. The Kier molecular flexibility index (Phi) is 25.1. The molecule has 2 amide bonds. The quantitative estimate of drug-likeness (QED) is 0.0581. The van der Waals surface area contributed by atoms with Crippen molar-refractivity contribution in [3.8, 4) is 85.1 Å². The molecule has 3 aliphatic carbocycles. The van der Waals surface area contributed by atoms with Crippen molar-refractivity contribution in [1.29, 1.82) is 0 Å². The Labute approximate surface area is 516 Å². The van der Waals surface area contributed by atoms with Gasteiger partial charge < -0.3 is 75.0 Å². The molecule has 0 fully saturated rings. The maximum Gasteiger partial charge on any atom is 1.00 e. The topological polar surface area (TPSA) is 220 Å². The Balaban J connectivity index is 0.000000269. The van der Waals surface area contributed by atoms with Crippen LogP contribution in [-0.4, -0.2) is 123 Å². The molecule has 0 spiro atoms. The number of aryl methyl sites for hydroxylation is 3. The summed E-state index contributed by atoms with van der Waals surface area (Å²) in [4.78, 5) is 35.7. The molecule has 6 aromatic carbocycles. The van der Waals surface area contributed by atoms with Crippen LogP contribution in [-0.2, 0) is 46.8 Å². The molecule has 3 aliphatic rings. The molecule has 0 saturated heterocycles. The second-order valence-electron chi connectivity index (χ2n) is 19.7. The molecule has 0 saturated carbocycles. The van der Waals surface area contributed by atoms with Crippen LogP contribution < -0.4 is 77.4 Å². The van der Waals surface area contributed by atoms with E-state index in [9.17, 15) is 24.6 Å². The molecule has 0 aliphatic heterocycles. The van der Waals surface area contributed by atoms with Gasteiger partial charge in [0.15, 0.2) is 51.9 Å². The second-order valence-corrected chi connectivity index (χ2v) is 19.7. The van der Waals surface area contributed by atoms with Crippen LogP contribution in [0.1, 0.15) is 114 Å². The summed E-state index contributed by atoms with van der Waals surface area (Å²) in [6, 6.07) is 23.0. The van der Waals surface area contributed by atoms with Gasteiger partial charge in [-0.25, -0.2) is 4.79 Å². The molecule has 3 atom stereocenters. The molecular weight excluding hydrogens is 1080 g/mol. The fraction of sp³-hybridized carbons (Fsp3) is 0.391. The molecule has 0 heterocycles. The second kappa shape index (κ2) is 31.2. The summed E-state index contributed by atoms with van der Waals surface area (Å²) >= 11 is 0. The summed E-state index contributed by atoms with van der Waals surface area (Å²) in [5.41, 5.74) is 14.1. The maximum atomic E-state index is 12.1. The predicted octanol–water partition coefficient (Wildman–Crippen LogP) is 5.69. The van der Waals surface area contributed by atoms with Crippen molar-refractivity contribution in [1.82, 2.24) is 16.0 Å². The third-order valence-corrected chi connectivity index (χ3v) is 15.1. The first kappa shape index (κ1) is 67.7. The minimum atomic E-state index is -0.432. The number of hydrogen-bond acceptors (Lipinski definition) is 16. The number of nitrogens with one attached hydrogen (secondary N) is 3. The van der Waals surface area contributed by atoms with Gasteiger partial charge in [-0.3, -0.25) is 9.59 Å². The average Bonchev–Trinajstić information content (AvgIpc) is 3.84. The van der Waals surface area contributed by atoms with Crippen LogP contribution in [0.5, 0.6) is 51.7 Å². The molecule has 0 radical (unpaired) electrons. The summed E-state index contributed by atoms with van der Waals surface area (Å²) in [7, 11) is 15.8. The Hall–Kier alpha value is -7.06. The third-order valence-electron chi connectivity index (χ3n) is 15.1. The third kappa shape index (κ3) is 14.2. The first-order valence-electron chi connectivity index (χ1n) is 27.1. The van der Waals surface area contributed by atoms with Crippen molar-refractivity contribution in [2.24, 2.45) is 0 Å². The van der Waals surface area contributed by atoms with Crippen LogP contribution in [0, 0.1) is 0 Å². The molecule has 5 N–H and O–H groups in total. The Morgan fingerprint density at radius 3 is 1.12 bits per heavy atom. The smallest absolute Gasteiger partial charge is 1.00 e.